The molecule has 0 unspecified atom stereocenters. The minimum atomic E-state index is -0.496. The second kappa shape index (κ2) is 11.3. The van der Waals surface area contributed by atoms with E-state index in [1.165, 1.54) is 6.92 Å². The van der Waals surface area contributed by atoms with E-state index in [1.807, 2.05) is 37.3 Å². The standard InChI is InChI=1S/C25H24N2O5/c1-3-30-21-10-12-22(13-11-21)31-17-25(29)32-23-8-6-19(7-9-23)4-5-20-14-15-26-24(16-20)27-18(2)28/h4-16H,3,17H2,1-2H3,(H,26,27,28)/b5-4+. The monoisotopic (exact) mass is 432 g/mol. The summed E-state index contributed by atoms with van der Waals surface area (Å²) in [7, 11) is 0. The second-order valence-electron chi connectivity index (χ2n) is 6.73. The summed E-state index contributed by atoms with van der Waals surface area (Å²) in [4.78, 5) is 27.3. The van der Waals surface area contributed by atoms with E-state index in [2.05, 4.69) is 10.3 Å². The van der Waals surface area contributed by atoms with Crippen LogP contribution in [0.15, 0.2) is 66.9 Å². The molecule has 1 heterocycles. The van der Waals surface area contributed by atoms with Crippen molar-refractivity contribution < 1.29 is 23.8 Å². The van der Waals surface area contributed by atoms with Crippen LogP contribution in [0.4, 0.5) is 5.82 Å². The summed E-state index contributed by atoms with van der Waals surface area (Å²) in [6.45, 7) is 3.73. The molecule has 0 atom stereocenters. The molecule has 0 spiro atoms. The third kappa shape index (κ3) is 7.28. The van der Waals surface area contributed by atoms with Gasteiger partial charge in [0.25, 0.3) is 0 Å². The lowest BCUT2D eigenvalue weighted by Crippen LogP contribution is -2.17. The first-order valence-corrected chi connectivity index (χ1v) is 10.1. The van der Waals surface area contributed by atoms with Crippen molar-refractivity contribution in [3.05, 3.63) is 78.0 Å². The number of nitrogens with one attached hydrogen (secondary N) is 1. The summed E-state index contributed by atoms with van der Waals surface area (Å²) in [5.41, 5.74) is 1.82. The van der Waals surface area contributed by atoms with Gasteiger partial charge in [0, 0.05) is 13.1 Å². The molecule has 164 valence electrons. The molecule has 1 aromatic heterocycles. The number of esters is 1. The number of carbonyl (C=O) groups is 2. The molecule has 0 radical (unpaired) electrons. The number of hydrogen-bond acceptors (Lipinski definition) is 6. The van der Waals surface area contributed by atoms with Crippen molar-refractivity contribution in [2.45, 2.75) is 13.8 Å². The third-order valence-corrected chi connectivity index (χ3v) is 4.16. The smallest absolute Gasteiger partial charge is 0.349 e. The number of anilines is 1. The van der Waals surface area contributed by atoms with E-state index in [9.17, 15) is 9.59 Å². The van der Waals surface area contributed by atoms with Crippen molar-refractivity contribution >= 4 is 29.8 Å². The number of aromatic nitrogens is 1. The average Bonchev–Trinajstić information content (AvgIpc) is 2.78. The molecule has 0 bridgehead atoms. The van der Waals surface area contributed by atoms with Gasteiger partial charge < -0.3 is 19.5 Å². The van der Waals surface area contributed by atoms with Crippen LogP contribution in [0.5, 0.6) is 17.2 Å². The first-order valence-electron chi connectivity index (χ1n) is 10.1. The van der Waals surface area contributed by atoms with Gasteiger partial charge in [0.15, 0.2) is 6.61 Å². The van der Waals surface area contributed by atoms with Crippen LogP contribution in [0.2, 0.25) is 0 Å². The van der Waals surface area contributed by atoms with Gasteiger partial charge in [-0.2, -0.15) is 0 Å². The summed E-state index contributed by atoms with van der Waals surface area (Å²) < 4.78 is 16.1. The summed E-state index contributed by atoms with van der Waals surface area (Å²) >= 11 is 0. The number of hydrogen-bond donors (Lipinski definition) is 1. The fraction of sp³-hybridized carbons (Fsp3) is 0.160. The number of amides is 1. The van der Waals surface area contributed by atoms with Gasteiger partial charge in [-0.25, -0.2) is 9.78 Å². The maximum atomic E-state index is 12.0. The maximum absolute atomic E-state index is 12.0. The highest BCUT2D eigenvalue weighted by Gasteiger charge is 2.06. The van der Waals surface area contributed by atoms with Crippen LogP contribution in [0.1, 0.15) is 25.0 Å². The Morgan fingerprint density at radius 1 is 0.875 bits per heavy atom. The van der Waals surface area contributed by atoms with Gasteiger partial charge in [-0.05, 0) is 66.6 Å². The van der Waals surface area contributed by atoms with Gasteiger partial charge in [0.1, 0.15) is 23.1 Å². The number of carbonyl (C=O) groups excluding carboxylic acids is 2. The molecule has 0 saturated carbocycles. The van der Waals surface area contributed by atoms with Crippen LogP contribution in [0, 0.1) is 0 Å². The first kappa shape index (κ1) is 22.6. The minimum absolute atomic E-state index is 0.173. The Morgan fingerprint density at radius 2 is 1.50 bits per heavy atom. The quantitative estimate of drug-likeness (QED) is 0.393. The Labute approximate surface area is 186 Å². The zero-order valence-electron chi connectivity index (χ0n) is 17.9. The van der Waals surface area contributed by atoms with Crippen LogP contribution in [0.3, 0.4) is 0 Å². The van der Waals surface area contributed by atoms with Gasteiger partial charge in [0.05, 0.1) is 6.61 Å². The first-order chi connectivity index (χ1) is 15.5. The zero-order valence-corrected chi connectivity index (χ0v) is 17.9. The molecule has 7 heteroatoms. The fourth-order valence-corrected chi connectivity index (χ4v) is 2.74. The van der Waals surface area contributed by atoms with E-state index in [0.717, 1.165) is 16.9 Å². The van der Waals surface area contributed by atoms with E-state index >= 15 is 0 Å². The molecule has 0 aliphatic heterocycles. The Kier molecular flexibility index (Phi) is 7.97. The molecule has 0 fully saturated rings. The van der Waals surface area contributed by atoms with Crippen LogP contribution in [-0.2, 0) is 9.59 Å². The average molecular weight is 432 g/mol. The molecule has 1 amide bonds. The normalized spacial score (nSPS) is 10.6. The zero-order chi connectivity index (χ0) is 22.8. The predicted octanol–water partition coefficient (Wildman–Crippen LogP) is 4.59. The molecular formula is C25H24N2O5. The fourth-order valence-electron chi connectivity index (χ4n) is 2.74. The van der Waals surface area contributed by atoms with E-state index in [4.69, 9.17) is 14.2 Å². The highest BCUT2D eigenvalue weighted by molar-refractivity contribution is 5.88. The van der Waals surface area contributed by atoms with Gasteiger partial charge in [-0.1, -0.05) is 24.3 Å². The summed E-state index contributed by atoms with van der Waals surface area (Å²) in [6, 6.07) is 17.7. The van der Waals surface area contributed by atoms with E-state index in [-0.39, 0.29) is 12.5 Å². The molecular weight excluding hydrogens is 408 g/mol. The van der Waals surface area contributed by atoms with Gasteiger partial charge in [-0.15, -0.1) is 0 Å². The lowest BCUT2D eigenvalue weighted by molar-refractivity contribution is -0.136. The topological polar surface area (TPSA) is 86.8 Å². The second-order valence-corrected chi connectivity index (χ2v) is 6.73. The highest BCUT2D eigenvalue weighted by Crippen LogP contribution is 2.18. The van der Waals surface area contributed by atoms with Gasteiger partial charge in [-0.3, -0.25) is 4.79 Å². The van der Waals surface area contributed by atoms with Crippen molar-refractivity contribution in [3.8, 4) is 17.2 Å². The van der Waals surface area contributed by atoms with Crippen molar-refractivity contribution in [2.75, 3.05) is 18.5 Å². The van der Waals surface area contributed by atoms with Crippen LogP contribution in [0.25, 0.3) is 12.2 Å². The molecule has 32 heavy (non-hydrogen) atoms. The van der Waals surface area contributed by atoms with Crippen LogP contribution >= 0.6 is 0 Å². The lowest BCUT2D eigenvalue weighted by Gasteiger charge is -2.08. The van der Waals surface area contributed by atoms with E-state index in [1.54, 1.807) is 48.7 Å². The summed E-state index contributed by atoms with van der Waals surface area (Å²) in [5, 5.41) is 2.65. The van der Waals surface area contributed by atoms with Crippen LogP contribution in [-0.4, -0.2) is 30.1 Å². The largest absolute Gasteiger partial charge is 0.494 e. The van der Waals surface area contributed by atoms with E-state index < -0.39 is 5.97 Å². The number of ether oxygens (including phenoxy) is 3. The molecule has 0 aliphatic rings. The highest BCUT2D eigenvalue weighted by atomic mass is 16.6. The molecule has 7 nitrogen and oxygen atoms in total. The molecule has 3 rings (SSSR count). The van der Waals surface area contributed by atoms with Crippen molar-refractivity contribution in [1.82, 2.24) is 4.98 Å². The van der Waals surface area contributed by atoms with E-state index in [0.29, 0.717) is 23.9 Å². The number of nitrogens with zero attached hydrogens (tertiary/aromatic N) is 1. The van der Waals surface area contributed by atoms with Gasteiger partial charge in [0.2, 0.25) is 5.91 Å². The third-order valence-electron chi connectivity index (χ3n) is 4.16. The van der Waals surface area contributed by atoms with Gasteiger partial charge >= 0.3 is 5.97 Å². The Hall–Kier alpha value is -4.13. The van der Waals surface area contributed by atoms with Crippen molar-refractivity contribution in [3.63, 3.8) is 0 Å². The molecule has 0 aliphatic carbocycles. The number of pyridine rings is 1. The molecule has 0 saturated heterocycles. The summed E-state index contributed by atoms with van der Waals surface area (Å²) in [6.07, 6.45) is 5.44. The Balaban J connectivity index is 1.50. The SMILES string of the molecule is CCOc1ccc(OCC(=O)Oc2ccc(/C=C/c3ccnc(NC(C)=O)c3)cc2)cc1. The van der Waals surface area contributed by atoms with Crippen molar-refractivity contribution in [2.24, 2.45) is 0 Å². The minimum Gasteiger partial charge on any atom is -0.494 e. The maximum Gasteiger partial charge on any atom is 0.349 e. The lowest BCUT2D eigenvalue weighted by atomic mass is 10.1. The Bertz CT molecular complexity index is 1080. The molecule has 2 aromatic carbocycles. The number of benzene rings is 2. The number of rotatable bonds is 9. The van der Waals surface area contributed by atoms with Crippen LogP contribution < -0.4 is 19.5 Å². The predicted molar refractivity (Wildman–Crippen MR) is 123 cm³/mol. The Morgan fingerprint density at radius 3 is 2.16 bits per heavy atom. The van der Waals surface area contributed by atoms with Crippen molar-refractivity contribution in [1.29, 1.82) is 0 Å². The summed E-state index contributed by atoms with van der Waals surface area (Å²) in [5.74, 6) is 1.56. The molecule has 3 aromatic rings. The molecule has 1 N–H and O–H groups in total.